The van der Waals surface area contributed by atoms with Crippen LogP contribution in [-0.2, 0) is 19.1 Å². The minimum absolute atomic E-state index is 0.226. The average molecular weight is 293 g/mol. The fraction of sp³-hybridized carbons (Fsp3) is 0.500. The Morgan fingerprint density at radius 2 is 1.48 bits per heavy atom. The molecule has 1 atom stereocenters. The molecule has 0 aliphatic carbocycles. The summed E-state index contributed by atoms with van der Waals surface area (Å²) in [5.41, 5.74) is 0.869. The molecule has 21 heavy (non-hydrogen) atoms. The lowest BCUT2D eigenvalue weighted by Crippen LogP contribution is -2.39. The topological polar surface area (TPSA) is 55.8 Å². The number of hydrogen-bond donors (Lipinski definition) is 0. The fourth-order valence-electron chi connectivity index (χ4n) is 2.26. The van der Waals surface area contributed by atoms with Gasteiger partial charge in [-0.25, -0.2) is 0 Å². The van der Waals surface area contributed by atoms with Crippen molar-refractivity contribution < 1.29 is 19.1 Å². The molecule has 0 heterocycles. The predicted octanol–water partition coefficient (Wildman–Crippen LogP) is 2.03. The van der Waals surface area contributed by atoms with Crippen LogP contribution in [0.15, 0.2) is 30.3 Å². The lowest BCUT2D eigenvalue weighted by Gasteiger charge is -2.30. The van der Waals surface area contributed by atoms with E-state index in [1.807, 2.05) is 49.3 Å². The highest BCUT2D eigenvalue weighted by atomic mass is 16.6. The second-order valence-corrected chi connectivity index (χ2v) is 4.80. The van der Waals surface area contributed by atoms with Gasteiger partial charge in [0, 0.05) is 0 Å². The molecule has 0 saturated heterocycles. The fourth-order valence-corrected chi connectivity index (χ4v) is 2.26. The number of ether oxygens (including phenoxy) is 2. The van der Waals surface area contributed by atoms with Crippen LogP contribution in [0.4, 0.5) is 0 Å². The standard InChI is InChI=1S/C16H23NO4/c1-5-20-15(18)13(16(19)21-6-2)14(17(3)4)12-10-8-7-9-11-12/h7-11,13-14H,5-6H2,1-4H3/t14-/m0/s1. The van der Waals surface area contributed by atoms with Crippen molar-refractivity contribution in [3.63, 3.8) is 0 Å². The molecule has 5 nitrogen and oxygen atoms in total. The number of hydrogen-bond acceptors (Lipinski definition) is 5. The third-order valence-corrected chi connectivity index (χ3v) is 3.09. The summed E-state index contributed by atoms with van der Waals surface area (Å²) in [5.74, 6) is -2.11. The van der Waals surface area contributed by atoms with Gasteiger partial charge in [-0.3, -0.25) is 9.59 Å². The number of rotatable bonds is 7. The minimum Gasteiger partial charge on any atom is -0.465 e. The van der Waals surface area contributed by atoms with E-state index in [0.29, 0.717) is 0 Å². The third kappa shape index (κ3) is 4.56. The molecular formula is C16H23NO4. The zero-order valence-corrected chi connectivity index (χ0v) is 13.0. The van der Waals surface area contributed by atoms with Crippen LogP contribution in [0.5, 0.6) is 0 Å². The summed E-state index contributed by atoms with van der Waals surface area (Å²) in [7, 11) is 3.65. The van der Waals surface area contributed by atoms with Crippen molar-refractivity contribution in [3.8, 4) is 0 Å². The van der Waals surface area contributed by atoms with Crippen LogP contribution in [0, 0.1) is 5.92 Å². The van der Waals surface area contributed by atoms with Gasteiger partial charge < -0.3 is 14.4 Å². The Morgan fingerprint density at radius 1 is 1.00 bits per heavy atom. The van der Waals surface area contributed by atoms with Gasteiger partial charge in [-0.15, -0.1) is 0 Å². The van der Waals surface area contributed by atoms with E-state index in [1.165, 1.54) is 0 Å². The summed E-state index contributed by atoms with van der Waals surface area (Å²) in [6.45, 7) is 3.88. The van der Waals surface area contributed by atoms with Crippen LogP contribution in [0.25, 0.3) is 0 Å². The van der Waals surface area contributed by atoms with Gasteiger partial charge in [0.15, 0.2) is 5.92 Å². The van der Waals surface area contributed by atoms with Gasteiger partial charge in [0.25, 0.3) is 0 Å². The Morgan fingerprint density at radius 3 is 1.86 bits per heavy atom. The zero-order valence-electron chi connectivity index (χ0n) is 13.0. The molecule has 0 bridgehead atoms. The van der Waals surface area contributed by atoms with Crippen molar-refractivity contribution in [2.24, 2.45) is 5.92 Å². The highest BCUT2D eigenvalue weighted by Crippen LogP contribution is 2.29. The molecule has 5 heteroatoms. The Kier molecular flexibility index (Phi) is 6.88. The Balaban J connectivity index is 3.18. The van der Waals surface area contributed by atoms with E-state index in [4.69, 9.17) is 9.47 Å². The molecule has 0 spiro atoms. The Labute approximate surface area is 125 Å². The third-order valence-electron chi connectivity index (χ3n) is 3.09. The van der Waals surface area contributed by atoms with Crippen LogP contribution < -0.4 is 0 Å². The molecule has 1 aromatic carbocycles. The van der Waals surface area contributed by atoms with E-state index in [-0.39, 0.29) is 13.2 Å². The van der Waals surface area contributed by atoms with Crippen LogP contribution in [0.3, 0.4) is 0 Å². The maximum atomic E-state index is 12.2. The number of carbonyl (C=O) groups excluding carboxylic acids is 2. The van der Waals surface area contributed by atoms with Gasteiger partial charge in [0.2, 0.25) is 0 Å². The smallest absolute Gasteiger partial charge is 0.322 e. The van der Waals surface area contributed by atoms with E-state index in [0.717, 1.165) is 5.56 Å². The second-order valence-electron chi connectivity index (χ2n) is 4.80. The molecule has 0 radical (unpaired) electrons. The largest absolute Gasteiger partial charge is 0.465 e. The normalized spacial score (nSPS) is 12.3. The van der Waals surface area contributed by atoms with Crippen LogP contribution in [-0.4, -0.2) is 44.1 Å². The first kappa shape index (κ1) is 17.2. The van der Waals surface area contributed by atoms with E-state index in [1.54, 1.807) is 13.8 Å². The van der Waals surface area contributed by atoms with Crippen LogP contribution in [0.2, 0.25) is 0 Å². The first-order valence-corrected chi connectivity index (χ1v) is 7.07. The van der Waals surface area contributed by atoms with Gasteiger partial charge in [-0.05, 0) is 33.5 Å². The zero-order chi connectivity index (χ0) is 15.8. The van der Waals surface area contributed by atoms with Crippen molar-refractivity contribution >= 4 is 11.9 Å². The van der Waals surface area contributed by atoms with Gasteiger partial charge in [0.05, 0.1) is 19.3 Å². The number of nitrogens with zero attached hydrogens (tertiary/aromatic N) is 1. The maximum absolute atomic E-state index is 12.2. The summed E-state index contributed by atoms with van der Waals surface area (Å²) in [6, 6.07) is 8.98. The van der Waals surface area contributed by atoms with Gasteiger partial charge in [0.1, 0.15) is 0 Å². The molecule has 1 aromatic rings. The molecule has 0 aromatic heterocycles. The average Bonchev–Trinajstić information content (AvgIpc) is 2.45. The van der Waals surface area contributed by atoms with Crippen molar-refractivity contribution in [1.29, 1.82) is 0 Å². The van der Waals surface area contributed by atoms with Gasteiger partial charge in [-0.2, -0.15) is 0 Å². The molecule has 0 N–H and O–H groups in total. The van der Waals surface area contributed by atoms with E-state index in [2.05, 4.69) is 0 Å². The van der Waals surface area contributed by atoms with Crippen molar-refractivity contribution in [3.05, 3.63) is 35.9 Å². The Bertz CT molecular complexity index is 441. The summed E-state index contributed by atoms with van der Waals surface area (Å²) in [4.78, 5) is 26.3. The molecule has 116 valence electrons. The van der Waals surface area contributed by atoms with Crippen molar-refractivity contribution in [1.82, 2.24) is 4.90 Å². The molecule has 0 aliphatic heterocycles. The first-order valence-electron chi connectivity index (χ1n) is 7.07. The molecule has 0 fully saturated rings. The van der Waals surface area contributed by atoms with Crippen molar-refractivity contribution in [2.45, 2.75) is 19.9 Å². The number of benzene rings is 1. The number of esters is 2. The van der Waals surface area contributed by atoms with E-state index in [9.17, 15) is 9.59 Å². The SMILES string of the molecule is CCOC(=O)C(C(=O)OCC)[C@H](c1ccccc1)N(C)C. The maximum Gasteiger partial charge on any atom is 0.322 e. The highest BCUT2D eigenvalue weighted by molar-refractivity contribution is 5.96. The van der Waals surface area contributed by atoms with Crippen LogP contribution in [0.1, 0.15) is 25.5 Å². The molecule has 0 amide bonds. The summed E-state index contributed by atoms with van der Waals surface area (Å²) in [5, 5.41) is 0. The van der Waals surface area contributed by atoms with Crippen molar-refractivity contribution in [2.75, 3.05) is 27.3 Å². The lowest BCUT2D eigenvalue weighted by atomic mass is 9.92. The number of carbonyl (C=O) groups is 2. The monoisotopic (exact) mass is 293 g/mol. The summed E-state index contributed by atoms with van der Waals surface area (Å²) < 4.78 is 10.1. The highest BCUT2D eigenvalue weighted by Gasteiger charge is 2.39. The van der Waals surface area contributed by atoms with E-state index < -0.39 is 23.9 Å². The lowest BCUT2D eigenvalue weighted by molar-refractivity contribution is -0.165. The molecule has 0 aliphatic rings. The first-order chi connectivity index (χ1) is 10.0. The molecule has 0 saturated carbocycles. The quantitative estimate of drug-likeness (QED) is 0.569. The van der Waals surface area contributed by atoms with E-state index >= 15 is 0 Å². The summed E-state index contributed by atoms with van der Waals surface area (Å²) in [6.07, 6.45) is 0. The Hall–Kier alpha value is -1.88. The predicted molar refractivity (Wildman–Crippen MR) is 79.6 cm³/mol. The minimum atomic E-state index is -0.998. The second kappa shape index (κ2) is 8.42. The summed E-state index contributed by atoms with van der Waals surface area (Å²) >= 11 is 0. The molecule has 1 rings (SSSR count). The molecule has 0 unspecified atom stereocenters. The van der Waals surface area contributed by atoms with Gasteiger partial charge >= 0.3 is 11.9 Å². The van der Waals surface area contributed by atoms with Crippen LogP contribution >= 0.6 is 0 Å². The molecular weight excluding hydrogens is 270 g/mol. The van der Waals surface area contributed by atoms with Gasteiger partial charge in [-0.1, -0.05) is 30.3 Å².